The van der Waals surface area contributed by atoms with Crippen LogP contribution < -0.4 is 5.73 Å². The highest BCUT2D eigenvalue weighted by Crippen LogP contribution is 2.27. The van der Waals surface area contributed by atoms with Gasteiger partial charge in [0.05, 0.1) is 11.0 Å². The largest absolute Gasteiger partial charge is 0.342 e. The summed E-state index contributed by atoms with van der Waals surface area (Å²) in [6.45, 7) is 7.04. The van der Waals surface area contributed by atoms with Crippen LogP contribution in [0.25, 0.3) is 11.0 Å². The van der Waals surface area contributed by atoms with Crippen LogP contribution in [-0.4, -0.2) is 16.5 Å². The number of benzene rings is 1. The lowest BCUT2D eigenvalue weighted by molar-refractivity contribution is 0.488. The van der Waals surface area contributed by atoms with Gasteiger partial charge in [-0.25, -0.2) is 4.98 Å². The van der Waals surface area contributed by atoms with Crippen LogP contribution in [0.2, 0.25) is 0 Å². The maximum atomic E-state index is 5.83. The summed E-state index contributed by atoms with van der Waals surface area (Å²) in [6.07, 6.45) is 0. The van der Waals surface area contributed by atoms with Crippen molar-refractivity contribution in [1.82, 2.24) is 9.97 Å². The number of nitrogens with zero attached hydrogens (tertiary/aromatic N) is 1. The predicted octanol–water partition coefficient (Wildman–Crippen LogP) is 3.33. The summed E-state index contributed by atoms with van der Waals surface area (Å²) in [5.74, 6) is 1.78. The molecule has 0 bridgehead atoms. The van der Waals surface area contributed by atoms with Crippen LogP contribution in [0.3, 0.4) is 0 Å². The smallest absolute Gasteiger partial charge is 0.111 e. The first-order valence-electron chi connectivity index (χ1n) is 5.88. The molecule has 1 atom stereocenters. The number of hydrogen-bond donors (Lipinski definition) is 2. The van der Waals surface area contributed by atoms with E-state index in [-0.39, 0.29) is 0 Å². The minimum absolute atomic E-state index is 0.292. The van der Waals surface area contributed by atoms with E-state index in [1.807, 2.05) is 0 Å². The average molecular weight is 296 g/mol. The van der Waals surface area contributed by atoms with Crippen molar-refractivity contribution in [2.75, 3.05) is 6.54 Å². The van der Waals surface area contributed by atoms with Gasteiger partial charge in [-0.1, -0.05) is 29.8 Å². The molecule has 4 heteroatoms. The highest BCUT2D eigenvalue weighted by Gasteiger charge is 2.18. The van der Waals surface area contributed by atoms with Gasteiger partial charge in [-0.3, -0.25) is 0 Å². The molecule has 92 valence electrons. The van der Waals surface area contributed by atoms with E-state index in [0.29, 0.717) is 18.4 Å². The van der Waals surface area contributed by atoms with Gasteiger partial charge in [0, 0.05) is 16.9 Å². The SMILES string of the molecule is Cc1cc(Br)cc2[nH]c(C(CN)C(C)C)nc12. The molecule has 1 aromatic heterocycles. The third-order valence-electron chi connectivity index (χ3n) is 3.17. The topological polar surface area (TPSA) is 54.7 Å². The zero-order valence-electron chi connectivity index (χ0n) is 10.4. The third-order valence-corrected chi connectivity index (χ3v) is 3.63. The molecule has 0 saturated heterocycles. The second-order valence-corrected chi connectivity index (χ2v) is 5.74. The fourth-order valence-corrected chi connectivity index (χ4v) is 2.71. The van der Waals surface area contributed by atoms with Crippen molar-refractivity contribution in [3.63, 3.8) is 0 Å². The number of fused-ring (bicyclic) bond motifs is 1. The molecule has 0 fully saturated rings. The number of aromatic amines is 1. The van der Waals surface area contributed by atoms with Gasteiger partial charge in [0.1, 0.15) is 5.82 Å². The molecule has 0 amide bonds. The molecule has 0 aliphatic heterocycles. The lowest BCUT2D eigenvalue weighted by atomic mass is 9.95. The van der Waals surface area contributed by atoms with E-state index < -0.39 is 0 Å². The van der Waals surface area contributed by atoms with Crippen molar-refractivity contribution in [1.29, 1.82) is 0 Å². The molecule has 0 aliphatic rings. The minimum atomic E-state index is 0.292. The van der Waals surface area contributed by atoms with Gasteiger partial charge < -0.3 is 10.7 Å². The third kappa shape index (κ3) is 2.38. The van der Waals surface area contributed by atoms with Gasteiger partial charge in [-0.15, -0.1) is 0 Å². The summed E-state index contributed by atoms with van der Waals surface area (Å²) >= 11 is 3.50. The average Bonchev–Trinajstić information content (AvgIpc) is 2.61. The molecular formula is C13H18BrN3. The van der Waals surface area contributed by atoms with E-state index in [0.717, 1.165) is 21.3 Å². The van der Waals surface area contributed by atoms with Gasteiger partial charge in [0.2, 0.25) is 0 Å². The maximum Gasteiger partial charge on any atom is 0.111 e. The van der Waals surface area contributed by atoms with E-state index in [1.165, 1.54) is 5.56 Å². The molecule has 2 aromatic rings. The van der Waals surface area contributed by atoms with Crippen LogP contribution in [0.5, 0.6) is 0 Å². The second kappa shape index (κ2) is 4.78. The maximum absolute atomic E-state index is 5.83. The van der Waals surface area contributed by atoms with E-state index in [1.54, 1.807) is 0 Å². The van der Waals surface area contributed by atoms with Gasteiger partial charge >= 0.3 is 0 Å². The molecule has 0 saturated carbocycles. The Morgan fingerprint density at radius 2 is 2.12 bits per heavy atom. The Hall–Kier alpha value is -0.870. The number of nitrogens with one attached hydrogen (secondary N) is 1. The van der Waals surface area contributed by atoms with Crippen molar-refractivity contribution in [2.24, 2.45) is 11.7 Å². The number of H-pyrrole nitrogens is 1. The van der Waals surface area contributed by atoms with Gasteiger partial charge in [0.15, 0.2) is 0 Å². The molecule has 3 N–H and O–H groups in total. The van der Waals surface area contributed by atoms with Crippen LogP contribution in [0.4, 0.5) is 0 Å². The van der Waals surface area contributed by atoms with Crippen molar-refractivity contribution < 1.29 is 0 Å². The van der Waals surface area contributed by atoms with E-state index in [9.17, 15) is 0 Å². The van der Waals surface area contributed by atoms with Gasteiger partial charge in [-0.05, 0) is 30.5 Å². The van der Waals surface area contributed by atoms with Crippen LogP contribution >= 0.6 is 15.9 Å². The lowest BCUT2D eigenvalue weighted by Gasteiger charge is -2.15. The summed E-state index contributed by atoms with van der Waals surface area (Å²) in [7, 11) is 0. The number of halogens is 1. The first-order chi connectivity index (χ1) is 8.02. The zero-order chi connectivity index (χ0) is 12.6. The van der Waals surface area contributed by atoms with Crippen LogP contribution in [0, 0.1) is 12.8 Å². The summed E-state index contributed by atoms with van der Waals surface area (Å²) in [4.78, 5) is 8.08. The molecular weight excluding hydrogens is 278 g/mol. The molecule has 0 aliphatic carbocycles. The highest BCUT2D eigenvalue weighted by atomic mass is 79.9. The lowest BCUT2D eigenvalue weighted by Crippen LogP contribution is -2.18. The minimum Gasteiger partial charge on any atom is -0.342 e. The molecule has 0 spiro atoms. The Bertz CT molecular complexity index is 531. The van der Waals surface area contributed by atoms with Gasteiger partial charge in [-0.2, -0.15) is 0 Å². The number of rotatable bonds is 3. The van der Waals surface area contributed by atoms with E-state index in [2.05, 4.69) is 58.8 Å². The Kier molecular flexibility index (Phi) is 3.54. The zero-order valence-corrected chi connectivity index (χ0v) is 12.0. The Morgan fingerprint density at radius 1 is 1.41 bits per heavy atom. The Labute approximate surface area is 110 Å². The highest BCUT2D eigenvalue weighted by molar-refractivity contribution is 9.10. The normalized spacial score (nSPS) is 13.5. The van der Waals surface area contributed by atoms with E-state index >= 15 is 0 Å². The van der Waals surface area contributed by atoms with Crippen molar-refractivity contribution in [2.45, 2.75) is 26.7 Å². The number of hydrogen-bond acceptors (Lipinski definition) is 2. The summed E-state index contributed by atoms with van der Waals surface area (Å²) in [6, 6.07) is 4.15. The number of imidazole rings is 1. The van der Waals surface area contributed by atoms with Crippen molar-refractivity contribution in [3.05, 3.63) is 28.0 Å². The van der Waals surface area contributed by atoms with Crippen LogP contribution in [0.15, 0.2) is 16.6 Å². The number of aryl methyl sites for hydroxylation is 1. The Morgan fingerprint density at radius 3 is 2.71 bits per heavy atom. The molecule has 17 heavy (non-hydrogen) atoms. The van der Waals surface area contributed by atoms with Crippen LogP contribution in [-0.2, 0) is 0 Å². The fraction of sp³-hybridized carbons (Fsp3) is 0.462. The second-order valence-electron chi connectivity index (χ2n) is 4.83. The molecule has 1 unspecified atom stereocenters. The van der Waals surface area contributed by atoms with E-state index in [4.69, 9.17) is 5.73 Å². The quantitative estimate of drug-likeness (QED) is 0.912. The summed E-state index contributed by atoms with van der Waals surface area (Å²) in [5, 5.41) is 0. The Balaban J connectivity index is 2.54. The van der Waals surface area contributed by atoms with Crippen molar-refractivity contribution in [3.8, 4) is 0 Å². The first-order valence-corrected chi connectivity index (χ1v) is 6.68. The summed E-state index contributed by atoms with van der Waals surface area (Å²) < 4.78 is 1.08. The monoisotopic (exact) mass is 295 g/mol. The molecule has 0 radical (unpaired) electrons. The molecule has 2 rings (SSSR count). The number of nitrogens with two attached hydrogens (primary N) is 1. The molecule has 3 nitrogen and oxygen atoms in total. The molecule has 1 heterocycles. The first kappa shape index (κ1) is 12.6. The predicted molar refractivity (Wildman–Crippen MR) is 75.2 cm³/mol. The van der Waals surface area contributed by atoms with Gasteiger partial charge in [0.25, 0.3) is 0 Å². The summed E-state index contributed by atoms with van der Waals surface area (Å²) in [5.41, 5.74) is 9.12. The number of aromatic nitrogens is 2. The van der Waals surface area contributed by atoms with Crippen molar-refractivity contribution >= 4 is 27.0 Å². The standard InChI is InChI=1S/C13H18BrN3/c1-7(2)10(6-15)13-16-11-5-9(14)4-8(3)12(11)17-13/h4-5,7,10H,6,15H2,1-3H3,(H,16,17). The van der Waals surface area contributed by atoms with Crippen LogP contribution in [0.1, 0.15) is 31.2 Å². The molecule has 1 aromatic carbocycles. The fourth-order valence-electron chi connectivity index (χ4n) is 2.14.